The lowest BCUT2D eigenvalue weighted by Crippen LogP contribution is -2.48. The van der Waals surface area contributed by atoms with Gasteiger partial charge in [0.1, 0.15) is 11.2 Å². The first-order valence-corrected chi connectivity index (χ1v) is 8.70. The third kappa shape index (κ3) is 4.73. The third-order valence-electron chi connectivity index (χ3n) is 4.67. The van der Waals surface area contributed by atoms with Crippen LogP contribution in [0.3, 0.4) is 0 Å². The van der Waals surface area contributed by atoms with Gasteiger partial charge in [-0.15, -0.1) is 0 Å². The Morgan fingerprint density at radius 2 is 1.58 bits per heavy atom. The van der Waals surface area contributed by atoms with Crippen molar-refractivity contribution in [3.63, 3.8) is 0 Å². The molecular formula is C19H28N2O3. The summed E-state index contributed by atoms with van der Waals surface area (Å²) in [5.41, 5.74) is -0.470. The fraction of sp³-hybridized carbons (Fsp3) is 0.579. The highest BCUT2D eigenvalue weighted by molar-refractivity contribution is 6.09. The predicted molar refractivity (Wildman–Crippen MR) is 95.0 cm³/mol. The van der Waals surface area contributed by atoms with Crippen molar-refractivity contribution in [3.8, 4) is 5.75 Å². The van der Waals surface area contributed by atoms with E-state index in [1.54, 1.807) is 45.2 Å². The minimum Gasteiger partial charge on any atom is -0.497 e. The van der Waals surface area contributed by atoms with Crippen LogP contribution in [0.4, 0.5) is 5.69 Å². The van der Waals surface area contributed by atoms with E-state index in [1.165, 1.54) is 12.8 Å². The molecule has 0 heterocycles. The molecule has 5 nitrogen and oxygen atoms in total. The normalized spacial score (nSPS) is 16.1. The molecule has 24 heavy (non-hydrogen) atoms. The first-order valence-electron chi connectivity index (χ1n) is 8.70. The topological polar surface area (TPSA) is 67.4 Å². The van der Waals surface area contributed by atoms with Crippen molar-refractivity contribution in [1.29, 1.82) is 0 Å². The lowest BCUT2D eigenvalue weighted by atomic mass is 9.90. The number of carbonyl (C=O) groups excluding carboxylic acids is 2. The molecule has 0 spiro atoms. The van der Waals surface area contributed by atoms with Crippen molar-refractivity contribution >= 4 is 17.5 Å². The Morgan fingerprint density at radius 1 is 1.00 bits per heavy atom. The summed E-state index contributed by atoms with van der Waals surface area (Å²) in [5, 5.41) is 5.87. The molecular weight excluding hydrogens is 304 g/mol. The highest BCUT2D eigenvalue weighted by atomic mass is 16.5. The average Bonchev–Trinajstić information content (AvgIpc) is 2.84. The largest absolute Gasteiger partial charge is 0.497 e. The number of nitrogens with one attached hydrogen (secondary N) is 2. The van der Waals surface area contributed by atoms with E-state index in [-0.39, 0.29) is 17.9 Å². The van der Waals surface area contributed by atoms with Crippen LogP contribution in [0.25, 0.3) is 0 Å². The van der Waals surface area contributed by atoms with Crippen LogP contribution in [0, 0.1) is 5.41 Å². The molecule has 1 aromatic rings. The number of anilines is 1. The van der Waals surface area contributed by atoms with Gasteiger partial charge >= 0.3 is 0 Å². The molecule has 0 aromatic heterocycles. The lowest BCUT2D eigenvalue weighted by molar-refractivity contribution is -0.138. The van der Waals surface area contributed by atoms with Crippen molar-refractivity contribution in [3.05, 3.63) is 24.3 Å². The van der Waals surface area contributed by atoms with Crippen molar-refractivity contribution < 1.29 is 14.3 Å². The van der Waals surface area contributed by atoms with E-state index in [9.17, 15) is 9.59 Å². The van der Waals surface area contributed by atoms with Gasteiger partial charge in [-0.1, -0.05) is 25.7 Å². The van der Waals surface area contributed by atoms with Gasteiger partial charge in [0.2, 0.25) is 11.8 Å². The summed E-state index contributed by atoms with van der Waals surface area (Å²) in [6.07, 6.45) is 6.75. The minimum absolute atomic E-state index is 0.188. The smallest absolute Gasteiger partial charge is 0.239 e. The second-order valence-electron chi connectivity index (χ2n) is 6.97. The molecule has 0 atom stereocenters. The zero-order valence-corrected chi connectivity index (χ0v) is 14.9. The number of benzene rings is 1. The van der Waals surface area contributed by atoms with Crippen LogP contribution in [0.1, 0.15) is 52.4 Å². The van der Waals surface area contributed by atoms with Crippen LogP contribution in [-0.2, 0) is 9.59 Å². The van der Waals surface area contributed by atoms with Gasteiger partial charge in [-0.05, 0) is 51.0 Å². The van der Waals surface area contributed by atoms with Gasteiger partial charge in [-0.3, -0.25) is 9.59 Å². The Hall–Kier alpha value is -2.04. The molecule has 1 fully saturated rings. The van der Waals surface area contributed by atoms with Gasteiger partial charge in [0.15, 0.2) is 0 Å². The van der Waals surface area contributed by atoms with Crippen LogP contribution >= 0.6 is 0 Å². The summed E-state index contributed by atoms with van der Waals surface area (Å²) in [6.45, 7) is 3.33. The van der Waals surface area contributed by atoms with E-state index in [4.69, 9.17) is 4.74 Å². The molecule has 0 unspecified atom stereocenters. The average molecular weight is 332 g/mol. The number of rotatable bonds is 5. The molecule has 0 aliphatic heterocycles. The Morgan fingerprint density at radius 3 is 2.12 bits per heavy atom. The second kappa shape index (κ2) is 8.18. The van der Waals surface area contributed by atoms with Gasteiger partial charge in [-0.2, -0.15) is 0 Å². The number of methoxy groups -OCH3 is 1. The maximum atomic E-state index is 12.6. The first-order chi connectivity index (χ1) is 11.4. The van der Waals surface area contributed by atoms with Crippen molar-refractivity contribution in [2.24, 2.45) is 5.41 Å². The van der Waals surface area contributed by atoms with E-state index in [0.717, 1.165) is 31.4 Å². The summed E-state index contributed by atoms with van der Waals surface area (Å²) < 4.78 is 5.10. The van der Waals surface area contributed by atoms with E-state index in [2.05, 4.69) is 10.6 Å². The van der Waals surface area contributed by atoms with Crippen molar-refractivity contribution in [2.45, 2.75) is 58.4 Å². The van der Waals surface area contributed by atoms with Crippen LogP contribution < -0.4 is 15.4 Å². The number of hydrogen-bond acceptors (Lipinski definition) is 3. The maximum absolute atomic E-state index is 12.6. The fourth-order valence-electron chi connectivity index (χ4n) is 2.85. The summed E-state index contributed by atoms with van der Waals surface area (Å²) in [4.78, 5) is 25.1. The monoisotopic (exact) mass is 332 g/mol. The molecule has 1 aliphatic carbocycles. The zero-order valence-electron chi connectivity index (χ0n) is 14.9. The quantitative estimate of drug-likeness (QED) is 0.640. The van der Waals surface area contributed by atoms with E-state index in [0.29, 0.717) is 5.69 Å². The van der Waals surface area contributed by atoms with Gasteiger partial charge in [0.25, 0.3) is 0 Å². The lowest BCUT2D eigenvalue weighted by Gasteiger charge is -2.26. The first kappa shape index (κ1) is 18.3. The number of carbonyl (C=O) groups is 2. The second-order valence-corrected chi connectivity index (χ2v) is 6.97. The Kier molecular flexibility index (Phi) is 6.23. The number of amides is 2. The summed E-state index contributed by atoms with van der Waals surface area (Å²) in [5.74, 6) is 0.206. The van der Waals surface area contributed by atoms with Crippen molar-refractivity contribution in [1.82, 2.24) is 5.32 Å². The van der Waals surface area contributed by atoms with E-state index >= 15 is 0 Å². The minimum atomic E-state index is -1.12. The molecule has 1 aromatic carbocycles. The number of hydrogen-bond donors (Lipinski definition) is 2. The maximum Gasteiger partial charge on any atom is 0.239 e. The predicted octanol–water partition coefficient (Wildman–Crippen LogP) is 3.50. The summed E-state index contributed by atoms with van der Waals surface area (Å²) >= 11 is 0. The van der Waals surface area contributed by atoms with Crippen molar-refractivity contribution in [2.75, 3.05) is 12.4 Å². The molecule has 1 aliphatic rings. The highest BCUT2D eigenvalue weighted by Crippen LogP contribution is 2.23. The zero-order chi connectivity index (χ0) is 17.6. The standard InChI is InChI=1S/C19H28N2O3/c1-19(2,17(22)20-14-8-6-4-5-7-9-14)18(23)21-15-10-12-16(24-3)13-11-15/h10-14H,4-9H2,1-3H3,(H,20,22)(H,21,23). The van der Waals surface area contributed by atoms with Crippen LogP contribution in [0.5, 0.6) is 5.75 Å². The summed E-state index contributed by atoms with van der Waals surface area (Å²) in [6, 6.07) is 7.25. The molecule has 2 amide bonds. The Bertz CT molecular complexity index is 558. The molecule has 5 heteroatoms. The van der Waals surface area contributed by atoms with Crippen LogP contribution in [0.2, 0.25) is 0 Å². The van der Waals surface area contributed by atoms with E-state index in [1.807, 2.05) is 0 Å². The van der Waals surface area contributed by atoms with E-state index < -0.39 is 5.41 Å². The number of ether oxygens (including phenoxy) is 1. The molecule has 0 bridgehead atoms. The molecule has 0 saturated heterocycles. The molecule has 2 rings (SSSR count). The van der Waals surface area contributed by atoms with Crippen LogP contribution in [-0.4, -0.2) is 25.0 Å². The molecule has 0 radical (unpaired) electrons. The SMILES string of the molecule is COc1ccc(NC(=O)C(C)(C)C(=O)NC2CCCCCC2)cc1. The Balaban J connectivity index is 1.95. The van der Waals surface area contributed by atoms with Gasteiger partial charge in [-0.25, -0.2) is 0 Å². The Labute approximate surface area is 144 Å². The van der Waals surface area contributed by atoms with Gasteiger partial charge < -0.3 is 15.4 Å². The molecule has 2 N–H and O–H groups in total. The van der Waals surface area contributed by atoms with Gasteiger partial charge in [0.05, 0.1) is 7.11 Å². The third-order valence-corrected chi connectivity index (χ3v) is 4.67. The molecule has 1 saturated carbocycles. The molecule has 132 valence electrons. The highest BCUT2D eigenvalue weighted by Gasteiger charge is 2.37. The fourth-order valence-corrected chi connectivity index (χ4v) is 2.85. The summed E-state index contributed by atoms with van der Waals surface area (Å²) in [7, 11) is 1.59. The van der Waals surface area contributed by atoms with Gasteiger partial charge in [0, 0.05) is 11.7 Å². The van der Waals surface area contributed by atoms with Crippen LogP contribution in [0.15, 0.2) is 24.3 Å².